The summed E-state index contributed by atoms with van der Waals surface area (Å²) in [6, 6.07) is 17.2. The van der Waals surface area contributed by atoms with Crippen molar-refractivity contribution in [2.24, 2.45) is 4.40 Å². The second-order valence-electron chi connectivity index (χ2n) is 7.82. The quantitative estimate of drug-likeness (QED) is 0.790. The van der Waals surface area contributed by atoms with Gasteiger partial charge in [-0.2, -0.15) is 0 Å². The first-order chi connectivity index (χ1) is 13.2. The van der Waals surface area contributed by atoms with Crippen LogP contribution in [0.5, 0.6) is 0 Å². The molecule has 2 aromatic rings. The van der Waals surface area contributed by atoms with Crippen LogP contribution in [0.3, 0.4) is 0 Å². The molecule has 2 atom stereocenters. The summed E-state index contributed by atoms with van der Waals surface area (Å²) in [5.41, 5.74) is 1.75. The highest BCUT2D eigenvalue weighted by Crippen LogP contribution is 2.42. The van der Waals surface area contributed by atoms with Gasteiger partial charge in [0.2, 0.25) is 5.90 Å². The van der Waals surface area contributed by atoms with E-state index in [0.29, 0.717) is 18.4 Å². The maximum Gasteiger partial charge on any atom is 0.267 e. The number of aliphatic hydroxyl groups is 1. The molecular formula is C22H27NO4S. The van der Waals surface area contributed by atoms with E-state index in [-0.39, 0.29) is 18.4 Å². The monoisotopic (exact) mass is 401 g/mol. The number of aliphatic hydroxyl groups excluding tert-OH is 1. The SMILES string of the molecule is Cc1cccc(C2C(C)(C)OC(C[C@@H](CCO)c3ccccc3)=NS2(=O)=O)c1. The minimum absolute atomic E-state index is 0.00883. The van der Waals surface area contributed by atoms with Gasteiger partial charge in [0, 0.05) is 13.0 Å². The minimum atomic E-state index is -3.79. The molecule has 28 heavy (non-hydrogen) atoms. The molecule has 0 saturated carbocycles. The first kappa shape index (κ1) is 20.6. The van der Waals surface area contributed by atoms with Gasteiger partial charge in [-0.1, -0.05) is 60.2 Å². The number of hydrogen-bond acceptors (Lipinski definition) is 4. The number of nitrogens with zero attached hydrogens (tertiary/aromatic N) is 1. The largest absolute Gasteiger partial charge is 0.472 e. The highest BCUT2D eigenvalue weighted by molar-refractivity contribution is 7.90. The van der Waals surface area contributed by atoms with Crippen LogP contribution in [-0.2, 0) is 14.8 Å². The van der Waals surface area contributed by atoms with Crippen LogP contribution in [-0.4, -0.2) is 31.6 Å². The zero-order chi connectivity index (χ0) is 20.4. The Hall–Kier alpha value is -2.18. The van der Waals surface area contributed by atoms with Crippen molar-refractivity contribution < 1.29 is 18.3 Å². The third kappa shape index (κ3) is 4.45. The Labute approximate surface area is 167 Å². The average Bonchev–Trinajstić information content (AvgIpc) is 2.60. The van der Waals surface area contributed by atoms with Crippen molar-refractivity contribution in [3.05, 3.63) is 71.3 Å². The summed E-state index contributed by atoms with van der Waals surface area (Å²) in [5, 5.41) is 8.59. The molecule has 5 nitrogen and oxygen atoms in total. The lowest BCUT2D eigenvalue weighted by atomic mass is 9.92. The molecule has 0 spiro atoms. The summed E-state index contributed by atoms with van der Waals surface area (Å²) in [6.07, 6.45) is 0.835. The maximum absolute atomic E-state index is 13.1. The van der Waals surface area contributed by atoms with Crippen molar-refractivity contribution in [1.82, 2.24) is 0 Å². The average molecular weight is 402 g/mol. The standard InChI is InChI=1S/C22H27NO4S/c1-16-8-7-11-19(14-16)21-22(2,3)27-20(23-28(21,25)26)15-18(12-13-24)17-9-5-4-6-10-17/h4-11,14,18,21,24H,12-13,15H2,1-3H3/t18-,21?/m1/s1. The van der Waals surface area contributed by atoms with Crippen molar-refractivity contribution in [3.63, 3.8) is 0 Å². The van der Waals surface area contributed by atoms with E-state index in [1.54, 1.807) is 19.9 Å². The predicted octanol–water partition coefficient (Wildman–Crippen LogP) is 4.13. The molecule has 1 heterocycles. The Morgan fingerprint density at radius 2 is 1.86 bits per heavy atom. The van der Waals surface area contributed by atoms with E-state index >= 15 is 0 Å². The van der Waals surface area contributed by atoms with Crippen molar-refractivity contribution in [2.75, 3.05) is 6.61 Å². The molecule has 150 valence electrons. The van der Waals surface area contributed by atoms with Crippen molar-refractivity contribution in [1.29, 1.82) is 0 Å². The van der Waals surface area contributed by atoms with Crippen LogP contribution in [0.1, 0.15) is 54.5 Å². The van der Waals surface area contributed by atoms with Gasteiger partial charge in [0.1, 0.15) is 10.9 Å². The van der Waals surface area contributed by atoms with E-state index in [0.717, 1.165) is 11.1 Å². The van der Waals surface area contributed by atoms with Crippen LogP contribution in [0.2, 0.25) is 0 Å². The molecule has 0 fully saturated rings. The summed E-state index contributed by atoms with van der Waals surface area (Å²) in [5.74, 6) is 0.141. The smallest absolute Gasteiger partial charge is 0.267 e. The van der Waals surface area contributed by atoms with E-state index in [1.165, 1.54) is 0 Å². The summed E-state index contributed by atoms with van der Waals surface area (Å²) >= 11 is 0. The Kier molecular flexibility index (Phi) is 5.91. The maximum atomic E-state index is 13.1. The Morgan fingerprint density at radius 3 is 2.46 bits per heavy atom. The lowest BCUT2D eigenvalue weighted by Crippen LogP contribution is -2.43. The molecule has 1 unspecified atom stereocenters. The zero-order valence-corrected chi connectivity index (χ0v) is 17.3. The molecule has 2 aromatic carbocycles. The predicted molar refractivity (Wildman–Crippen MR) is 111 cm³/mol. The second-order valence-corrected chi connectivity index (χ2v) is 9.51. The van der Waals surface area contributed by atoms with Crippen molar-refractivity contribution >= 4 is 15.9 Å². The second kappa shape index (κ2) is 8.05. The first-order valence-corrected chi connectivity index (χ1v) is 11.0. The summed E-state index contributed by atoms with van der Waals surface area (Å²) in [4.78, 5) is 0. The molecule has 1 aliphatic rings. The third-order valence-electron chi connectivity index (χ3n) is 5.05. The highest BCUT2D eigenvalue weighted by atomic mass is 32.2. The van der Waals surface area contributed by atoms with Gasteiger partial charge < -0.3 is 9.84 Å². The molecule has 0 aliphatic carbocycles. The first-order valence-electron chi connectivity index (χ1n) is 9.47. The lowest BCUT2D eigenvalue weighted by Gasteiger charge is -2.38. The molecule has 0 aromatic heterocycles. The van der Waals surface area contributed by atoms with E-state index in [1.807, 2.05) is 55.5 Å². The summed E-state index contributed by atoms with van der Waals surface area (Å²) in [6.45, 7) is 5.52. The van der Waals surface area contributed by atoms with Gasteiger partial charge in [0.05, 0.1) is 0 Å². The molecule has 1 aliphatic heterocycles. The minimum Gasteiger partial charge on any atom is -0.472 e. The zero-order valence-electron chi connectivity index (χ0n) is 16.5. The van der Waals surface area contributed by atoms with Crippen molar-refractivity contribution in [2.45, 2.75) is 50.4 Å². The molecule has 6 heteroatoms. The van der Waals surface area contributed by atoms with Gasteiger partial charge in [-0.3, -0.25) is 0 Å². The number of sulfonamides is 1. The van der Waals surface area contributed by atoms with E-state index in [9.17, 15) is 13.5 Å². The number of rotatable bonds is 6. The fourth-order valence-electron chi connectivity index (χ4n) is 3.89. The van der Waals surface area contributed by atoms with E-state index in [2.05, 4.69) is 4.40 Å². The molecule has 0 saturated heterocycles. The van der Waals surface area contributed by atoms with Crippen LogP contribution in [0.4, 0.5) is 0 Å². The van der Waals surface area contributed by atoms with Gasteiger partial charge in [-0.25, -0.2) is 8.42 Å². The van der Waals surface area contributed by atoms with Gasteiger partial charge >= 0.3 is 0 Å². The molecule has 3 rings (SSSR count). The third-order valence-corrected chi connectivity index (χ3v) is 6.95. The van der Waals surface area contributed by atoms with Gasteiger partial charge in [-0.15, -0.1) is 4.40 Å². The fourth-order valence-corrected chi connectivity index (χ4v) is 5.65. The topological polar surface area (TPSA) is 76.0 Å². The van der Waals surface area contributed by atoms with Gasteiger partial charge in [0.15, 0.2) is 0 Å². The fraction of sp³-hybridized carbons (Fsp3) is 0.409. The van der Waals surface area contributed by atoms with Crippen LogP contribution in [0.15, 0.2) is 59.0 Å². The van der Waals surface area contributed by atoms with Gasteiger partial charge in [-0.05, 0) is 44.2 Å². The highest BCUT2D eigenvalue weighted by Gasteiger charge is 2.47. The summed E-state index contributed by atoms with van der Waals surface area (Å²) in [7, 11) is -3.79. The Bertz CT molecular complexity index is 952. The van der Waals surface area contributed by atoms with Crippen LogP contribution >= 0.6 is 0 Å². The van der Waals surface area contributed by atoms with Crippen LogP contribution in [0.25, 0.3) is 0 Å². The number of ether oxygens (including phenoxy) is 1. The van der Waals surface area contributed by atoms with Crippen LogP contribution in [0, 0.1) is 6.92 Å². The Morgan fingerprint density at radius 1 is 1.14 bits per heavy atom. The Balaban J connectivity index is 1.94. The van der Waals surface area contributed by atoms with E-state index in [4.69, 9.17) is 4.74 Å². The molecule has 0 bridgehead atoms. The molecule has 0 radical (unpaired) electrons. The normalized spacial score (nSPS) is 21.4. The van der Waals surface area contributed by atoms with Crippen LogP contribution < -0.4 is 0 Å². The lowest BCUT2D eigenvalue weighted by molar-refractivity contribution is 0.0797. The number of hydrogen-bond donors (Lipinski definition) is 1. The molecule has 1 N–H and O–H groups in total. The molecular weight excluding hydrogens is 374 g/mol. The van der Waals surface area contributed by atoms with E-state index < -0.39 is 20.9 Å². The van der Waals surface area contributed by atoms with Gasteiger partial charge in [0.25, 0.3) is 10.0 Å². The van der Waals surface area contributed by atoms with Crippen molar-refractivity contribution in [3.8, 4) is 0 Å². The number of benzene rings is 2. The number of aryl methyl sites for hydroxylation is 1. The summed E-state index contributed by atoms with van der Waals surface area (Å²) < 4.78 is 36.3. The molecule has 0 amide bonds.